The minimum absolute atomic E-state index is 0.0191. The van der Waals surface area contributed by atoms with E-state index >= 15 is 0 Å². The van der Waals surface area contributed by atoms with Crippen molar-refractivity contribution in [3.8, 4) is 0 Å². The van der Waals surface area contributed by atoms with E-state index < -0.39 is 172 Å². The van der Waals surface area contributed by atoms with Gasteiger partial charge < -0.3 is 63.8 Å². The average molecular weight is 2120 g/mol. The number of sulfonamides is 6. The van der Waals surface area contributed by atoms with E-state index in [1.807, 2.05) is 0 Å². The zero-order chi connectivity index (χ0) is 106. The molecular formula is C79H109F15N6O31S6-6. The van der Waals surface area contributed by atoms with Crippen LogP contribution < -0.4 is 30.6 Å². The number of esters is 6. The first-order valence-corrected chi connectivity index (χ1v) is 50.4. The first-order chi connectivity index (χ1) is 62.4. The van der Waals surface area contributed by atoms with Crippen LogP contribution >= 0.6 is 0 Å². The molecule has 0 heterocycles. The second-order valence-corrected chi connectivity index (χ2v) is 41.6. The number of carbonyl (C=O) groups excluding carboxylic acids is 6. The van der Waals surface area contributed by atoms with Gasteiger partial charge in [0.25, 0.3) is 0 Å². The number of halogens is 15. The summed E-state index contributed by atoms with van der Waals surface area (Å²) in [6.07, 6.45) is 10.9. The Hall–Kier alpha value is -9.31. The van der Waals surface area contributed by atoms with Crippen LogP contribution in [0.5, 0.6) is 0 Å². The molecule has 5 rings (SSSR count). The molecule has 0 spiro atoms. The van der Waals surface area contributed by atoms with Gasteiger partial charge in [-0.25, -0.2) is 37.2 Å². The third kappa shape index (κ3) is 50.9. The summed E-state index contributed by atoms with van der Waals surface area (Å²) >= 11 is 0. The molecule has 0 radical (unpaired) electrons. The molecule has 0 aromatic heterocycles. The van der Waals surface area contributed by atoms with Gasteiger partial charge in [0, 0.05) is 40.0 Å². The Morgan fingerprint density at radius 1 is 0.321 bits per heavy atom. The van der Waals surface area contributed by atoms with E-state index in [-0.39, 0.29) is 154 Å². The fourth-order valence-electron chi connectivity index (χ4n) is 13.1. The number of rotatable bonds is 45. The van der Waals surface area contributed by atoms with Crippen LogP contribution in [0.1, 0.15) is 221 Å². The molecule has 0 aliphatic heterocycles. The topological polar surface area (TPSA) is 584 Å². The molecule has 5 aliphatic carbocycles. The van der Waals surface area contributed by atoms with Gasteiger partial charge in [-0.05, 0) is 266 Å². The van der Waals surface area contributed by atoms with Gasteiger partial charge in [0.1, 0.15) is 24.9 Å². The predicted molar refractivity (Wildman–Crippen MR) is 450 cm³/mol. The third-order valence-corrected chi connectivity index (χ3v) is 25.4. The van der Waals surface area contributed by atoms with Crippen LogP contribution in [0.4, 0.5) is 65.9 Å². The van der Waals surface area contributed by atoms with Gasteiger partial charge in [0.05, 0.1) is 26.1 Å². The molecule has 0 saturated heterocycles. The molecule has 8 atom stereocenters. The number of alkyl halides is 15. The summed E-state index contributed by atoms with van der Waals surface area (Å²) in [6, 6.07) is 0. The Labute approximate surface area is 783 Å². The summed E-state index contributed by atoms with van der Waals surface area (Å²) in [5, 5.41) is 67.5. The smallest absolute Gasteiger partial charge is 0.518 e. The molecule has 0 aromatic carbocycles. The lowest BCUT2D eigenvalue weighted by Gasteiger charge is -2.30. The van der Waals surface area contributed by atoms with E-state index in [1.54, 1.807) is 13.8 Å². The number of ether oxygens (including phenoxy) is 7. The second kappa shape index (κ2) is 57.4. The minimum Gasteiger partial charge on any atom is -0.861 e. The van der Waals surface area contributed by atoms with Crippen LogP contribution in [0.3, 0.4) is 0 Å². The lowest BCUT2D eigenvalue weighted by Crippen LogP contribution is -2.34. The fourth-order valence-corrected chi connectivity index (χ4v) is 15.9. The maximum Gasteiger partial charge on any atom is 0.518 e. The van der Waals surface area contributed by atoms with Crippen molar-refractivity contribution in [2.24, 2.45) is 67.8 Å². The van der Waals surface area contributed by atoms with Crippen molar-refractivity contribution in [1.29, 1.82) is 0 Å². The highest BCUT2D eigenvalue weighted by Crippen LogP contribution is 2.53. The van der Waals surface area contributed by atoms with E-state index in [0.29, 0.717) is 107 Å². The second-order valence-electron chi connectivity index (χ2n) is 31.9. The molecule has 137 heavy (non-hydrogen) atoms. The van der Waals surface area contributed by atoms with Crippen LogP contribution in [0.15, 0.2) is 99.3 Å². The summed E-state index contributed by atoms with van der Waals surface area (Å²) in [5.74, 6) is -9.98. The molecule has 4 bridgehead atoms. The molecule has 788 valence electrons. The number of carbonyl (C=O) groups is 6. The van der Waals surface area contributed by atoms with Gasteiger partial charge in [-0.3, -0.25) is 0 Å². The van der Waals surface area contributed by atoms with Crippen molar-refractivity contribution in [2.75, 3.05) is 39.3 Å². The molecule has 5 fully saturated rings. The van der Waals surface area contributed by atoms with E-state index in [0.717, 1.165) is 38.4 Å². The Morgan fingerprint density at radius 2 is 0.650 bits per heavy atom. The highest BCUT2D eigenvalue weighted by Gasteiger charge is 2.52. The Balaban J connectivity index is 0.00000162. The van der Waals surface area contributed by atoms with Crippen LogP contribution in [0, 0.1) is 41.4 Å². The van der Waals surface area contributed by atoms with Gasteiger partial charge in [0.2, 0.25) is 10.0 Å². The summed E-state index contributed by atoms with van der Waals surface area (Å²) in [5.41, 5.74) is -26.1. The van der Waals surface area contributed by atoms with Gasteiger partial charge in [-0.1, -0.05) is 71.6 Å². The molecule has 0 aromatic rings. The van der Waals surface area contributed by atoms with Gasteiger partial charge >= 0.3 is 113 Å². The van der Waals surface area contributed by atoms with Gasteiger partial charge in [-0.15, -0.1) is 0 Å². The Morgan fingerprint density at radius 3 is 1.01 bits per heavy atom. The van der Waals surface area contributed by atoms with Crippen LogP contribution in [0.25, 0.3) is 0 Å². The molecular weight excluding hydrogens is 2010 g/mol. The van der Waals surface area contributed by atoms with Crippen molar-refractivity contribution in [2.45, 2.75) is 267 Å². The zero-order valence-corrected chi connectivity index (χ0v) is 80.2. The standard InChI is InChI=1S/C15H20F3NO5S.C14H18F3NO5S.C14H20F3NO5S.C13H23NO5S.C12H18F3NO5S.C11H16F3NO6S/c1-8(2)14(21)24-12-7-10-6-11(12)5-9(10)3-4-13(20)19-25(22,23)15(16,17)18;1-7(2)13(20)23-11-5-8-3-9(10(11)4-8)6-12(19)18-24(21,22)14(15,16)17;1-9(2)13(20)23-11-6-3-10(4-7-11)5-8-12(19)18-24(21,22)14(15,16)17;1-11(2)13(16)19-10-8-6-4-5-7-9-12(15)14-20(3,17)18;1-9(2)11(18)21-8-6-4-3-5-7-10(17)16-22(19,20)12(13,14)15;1-8(2)10(17)21-7-6-20-5-3-4-9(16)15-22(18,19)11(12,13)14/h9-12H,1,3-7H2,2H3,(H,19,20);8-11H,1,3-6H2,2H3,(H,18,19);10-11H,1,3-8H2,2H3,(H,18,19);1,4-10H2,2-3H3,(H,14,15);1,3-8H2,2H3,(H,16,17);1,3-7H2,2H3,(H,15,16)/p-6. The summed E-state index contributed by atoms with van der Waals surface area (Å²) < 4.78 is 359. The molecule has 5 saturated carbocycles. The third-order valence-electron chi connectivity index (χ3n) is 19.7. The Kier molecular flexibility index (Phi) is 53.5. The molecule has 5 aliphatic rings. The normalized spacial score (nSPS) is 20.7. The summed E-state index contributed by atoms with van der Waals surface area (Å²) in [6.45, 7) is 30.3. The van der Waals surface area contributed by atoms with Gasteiger partial charge in [0.15, 0.2) is 0 Å². The zero-order valence-electron chi connectivity index (χ0n) is 75.3. The average Bonchev–Trinajstić information content (AvgIpc) is 1.64. The van der Waals surface area contributed by atoms with Gasteiger partial charge in [-0.2, -0.15) is 134 Å². The van der Waals surface area contributed by atoms with Crippen LogP contribution in [0.2, 0.25) is 0 Å². The largest absolute Gasteiger partial charge is 0.861 e. The lowest BCUT2D eigenvalue weighted by molar-refractivity contribution is -0.220. The molecule has 37 nitrogen and oxygen atoms in total. The maximum atomic E-state index is 12.2. The number of unbranched alkanes of at least 4 members (excludes halogenated alkanes) is 7. The maximum absolute atomic E-state index is 12.2. The quantitative estimate of drug-likeness (QED) is 0.0104. The van der Waals surface area contributed by atoms with Crippen molar-refractivity contribution < 1.29 is 209 Å². The monoisotopic (exact) mass is 2110 g/mol. The van der Waals surface area contributed by atoms with Crippen molar-refractivity contribution in [1.82, 2.24) is 0 Å². The summed E-state index contributed by atoms with van der Waals surface area (Å²) in [4.78, 5) is 67.5. The molecule has 0 amide bonds. The molecule has 8 unspecified atom stereocenters. The van der Waals surface area contributed by atoms with Crippen molar-refractivity contribution in [3.05, 3.63) is 72.9 Å². The first kappa shape index (κ1) is 128. The van der Waals surface area contributed by atoms with E-state index in [2.05, 4.69) is 70.6 Å². The van der Waals surface area contributed by atoms with Crippen molar-refractivity contribution >= 4 is 131 Å². The van der Waals surface area contributed by atoms with Crippen molar-refractivity contribution in [3.63, 3.8) is 0 Å². The highest BCUT2D eigenvalue weighted by molar-refractivity contribution is 7.92. The molecule has 0 N–H and O–H groups in total. The first-order valence-electron chi connectivity index (χ1n) is 41.4. The number of hydrogen-bond acceptors (Lipinski definition) is 31. The Bertz CT molecular complexity index is 4970. The van der Waals surface area contributed by atoms with E-state index in [1.165, 1.54) is 27.7 Å². The summed E-state index contributed by atoms with van der Waals surface area (Å²) in [7, 11) is -32.5. The van der Waals surface area contributed by atoms with E-state index in [4.69, 9.17) is 28.4 Å². The van der Waals surface area contributed by atoms with Crippen LogP contribution in [-0.4, -0.2) is 207 Å². The fraction of sp³-hybridized carbons (Fsp3) is 0.696. The number of fused-ring (bicyclic) bond motifs is 4. The van der Waals surface area contributed by atoms with E-state index in [9.17, 15) is 176 Å². The lowest BCUT2D eigenvalue weighted by atomic mass is 9.84. The predicted octanol–water partition coefficient (Wildman–Crippen LogP) is 8.82. The van der Waals surface area contributed by atoms with Crippen LogP contribution in [-0.2, 0) is 122 Å². The number of nitrogens with zero attached hydrogens (tertiary/aromatic N) is 6. The highest BCUT2D eigenvalue weighted by atomic mass is 32.2. The number of hydrogen-bond donors (Lipinski definition) is 0. The minimum atomic E-state index is -5.82. The SMILES string of the molecule is C=C(C)C(=O)OC1CC2CC(CC([O-])=NS(=O)(=O)C(F)(F)F)C1C2.C=C(C)C(=O)OC1CC2CC1CC2CCC([O-])=NS(=O)(=O)C(F)(F)F.C=C(C)C(=O)OC1CCC(CCC([O-])=NS(=O)(=O)C(F)(F)F)CC1.C=C(C)C(=O)OCCCCCCC([O-])=NS(=O)(=O)C(F)(F)F.C=C(C)C(=O)OCCCCCCCC([O-])=NS(C)(=O)=O.C=C(C)C(=O)OCCOCCCC([O-])=NS(=O)(=O)C(F)(F)F. The molecule has 58 heteroatoms.